The highest BCUT2D eigenvalue weighted by atomic mass is 32.1. The van der Waals surface area contributed by atoms with Crippen molar-refractivity contribution >= 4 is 11.5 Å². The summed E-state index contributed by atoms with van der Waals surface area (Å²) in [5, 5.41) is 7.73. The van der Waals surface area contributed by atoms with Gasteiger partial charge in [0.1, 0.15) is 0 Å². The first-order chi connectivity index (χ1) is 8.74. The van der Waals surface area contributed by atoms with Crippen LogP contribution in [0.3, 0.4) is 0 Å². The molecule has 4 heteroatoms. The Balaban J connectivity index is 2.37. The van der Waals surface area contributed by atoms with Crippen molar-refractivity contribution in [1.29, 1.82) is 0 Å². The van der Waals surface area contributed by atoms with E-state index in [0.29, 0.717) is 0 Å². The van der Waals surface area contributed by atoms with E-state index in [2.05, 4.69) is 53.0 Å². The highest BCUT2D eigenvalue weighted by Crippen LogP contribution is 2.28. The summed E-state index contributed by atoms with van der Waals surface area (Å²) >= 11 is 1.49. The van der Waals surface area contributed by atoms with E-state index < -0.39 is 0 Å². The van der Waals surface area contributed by atoms with Crippen molar-refractivity contribution < 1.29 is 0 Å². The number of nitrogens with one attached hydrogen (secondary N) is 1. The molecule has 0 aliphatic carbocycles. The molecule has 0 aliphatic rings. The maximum Gasteiger partial charge on any atom is 0.0776 e. The minimum Gasteiger partial charge on any atom is -0.305 e. The van der Waals surface area contributed by atoms with Gasteiger partial charge >= 0.3 is 0 Å². The first-order valence-corrected chi connectivity index (χ1v) is 7.09. The Bertz CT molecular complexity index is 507. The van der Waals surface area contributed by atoms with E-state index in [0.717, 1.165) is 18.7 Å². The van der Waals surface area contributed by atoms with E-state index in [-0.39, 0.29) is 6.04 Å². The molecule has 0 aliphatic heterocycles. The van der Waals surface area contributed by atoms with Gasteiger partial charge in [-0.2, -0.15) is 0 Å². The molecule has 1 aromatic carbocycles. The molecule has 1 atom stereocenters. The lowest BCUT2D eigenvalue weighted by molar-refractivity contribution is 0.600. The Kier molecular flexibility index (Phi) is 4.44. The minimum atomic E-state index is 0.214. The third-order valence-corrected chi connectivity index (χ3v) is 3.94. The average Bonchev–Trinajstić information content (AvgIpc) is 2.78. The van der Waals surface area contributed by atoms with Gasteiger partial charge in [-0.25, -0.2) is 0 Å². The highest BCUT2D eigenvalue weighted by Gasteiger charge is 2.19. The second-order valence-corrected chi connectivity index (χ2v) is 5.25. The molecule has 3 nitrogen and oxygen atoms in total. The van der Waals surface area contributed by atoms with Crippen molar-refractivity contribution in [3.8, 4) is 0 Å². The molecule has 0 bridgehead atoms. The van der Waals surface area contributed by atoms with Crippen LogP contribution >= 0.6 is 11.5 Å². The van der Waals surface area contributed by atoms with Gasteiger partial charge in [0.25, 0.3) is 0 Å². The quantitative estimate of drug-likeness (QED) is 0.898. The Morgan fingerprint density at radius 1 is 1.28 bits per heavy atom. The summed E-state index contributed by atoms with van der Waals surface area (Å²) < 4.78 is 4.06. The van der Waals surface area contributed by atoms with E-state index in [9.17, 15) is 0 Å². The normalized spacial score (nSPS) is 12.6. The van der Waals surface area contributed by atoms with E-state index in [1.165, 1.54) is 27.5 Å². The van der Waals surface area contributed by atoms with Crippen LogP contribution in [0.2, 0.25) is 0 Å². The van der Waals surface area contributed by atoms with Crippen LogP contribution in [0.15, 0.2) is 24.3 Å². The van der Waals surface area contributed by atoms with Crippen LogP contribution in [-0.2, 0) is 0 Å². The zero-order valence-corrected chi connectivity index (χ0v) is 11.9. The average molecular weight is 261 g/mol. The van der Waals surface area contributed by atoms with E-state index in [1.54, 1.807) is 0 Å². The van der Waals surface area contributed by atoms with Crippen LogP contribution < -0.4 is 5.32 Å². The molecule has 0 fully saturated rings. The molecule has 96 valence electrons. The van der Waals surface area contributed by atoms with Gasteiger partial charge in [0, 0.05) is 0 Å². The maximum atomic E-state index is 4.13. The Morgan fingerprint density at radius 3 is 2.67 bits per heavy atom. The molecule has 1 aromatic heterocycles. The van der Waals surface area contributed by atoms with Gasteiger partial charge in [-0.15, -0.1) is 5.10 Å². The number of rotatable bonds is 5. The number of aryl methyl sites for hydroxylation is 2. The van der Waals surface area contributed by atoms with Gasteiger partial charge in [0.15, 0.2) is 0 Å². The third kappa shape index (κ3) is 2.76. The summed E-state index contributed by atoms with van der Waals surface area (Å²) in [4.78, 5) is 1.22. The molecule has 2 aromatic rings. The number of nitrogens with zero attached hydrogens (tertiary/aromatic N) is 2. The first-order valence-electron chi connectivity index (χ1n) is 6.31. The Hall–Kier alpha value is -1.26. The van der Waals surface area contributed by atoms with Crippen LogP contribution in [0.5, 0.6) is 0 Å². The van der Waals surface area contributed by atoms with Crippen LogP contribution in [0.1, 0.15) is 41.1 Å². The van der Waals surface area contributed by atoms with Crippen LogP contribution in [-0.4, -0.2) is 16.1 Å². The molecule has 18 heavy (non-hydrogen) atoms. The van der Waals surface area contributed by atoms with Gasteiger partial charge < -0.3 is 5.32 Å². The largest absolute Gasteiger partial charge is 0.305 e. The van der Waals surface area contributed by atoms with Gasteiger partial charge in [-0.1, -0.05) is 35.7 Å². The summed E-state index contributed by atoms with van der Waals surface area (Å²) in [6, 6.07) is 8.72. The first kappa shape index (κ1) is 13.2. The zero-order valence-electron chi connectivity index (χ0n) is 11.1. The fraction of sp³-hybridized carbons (Fsp3) is 0.429. The van der Waals surface area contributed by atoms with Crippen LogP contribution in [0, 0.1) is 13.8 Å². The van der Waals surface area contributed by atoms with Gasteiger partial charge in [-0.3, -0.25) is 0 Å². The summed E-state index contributed by atoms with van der Waals surface area (Å²) in [6.45, 7) is 7.35. The number of benzene rings is 1. The van der Waals surface area contributed by atoms with Crippen molar-refractivity contribution in [2.45, 2.75) is 33.2 Å². The van der Waals surface area contributed by atoms with Crippen molar-refractivity contribution in [2.75, 3.05) is 6.54 Å². The Morgan fingerprint density at radius 2 is 2.06 bits per heavy atom. The molecule has 0 saturated carbocycles. The fourth-order valence-electron chi connectivity index (χ4n) is 2.05. The van der Waals surface area contributed by atoms with Gasteiger partial charge in [-0.05, 0) is 49.5 Å². The molecular formula is C14H19N3S. The third-order valence-electron chi connectivity index (χ3n) is 3.05. The molecule has 1 N–H and O–H groups in total. The van der Waals surface area contributed by atoms with Crippen molar-refractivity contribution in [1.82, 2.24) is 14.9 Å². The van der Waals surface area contributed by atoms with Crippen LogP contribution in [0.4, 0.5) is 0 Å². The van der Waals surface area contributed by atoms with Crippen LogP contribution in [0.25, 0.3) is 0 Å². The van der Waals surface area contributed by atoms with Gasteiger partial charge in [0.2, 0.25) is 0 Å². The maximum absolute atomic E-state index is 4.13. The molecule has 0 radical (unpaired) electrons. The summed E-state index contributed by atoms with van der Waals surface area (Å²) in [5.74, 6) is 0. The zero-order chi connectivity index (χ0) is 13.0. The monoisotopic (exact) mass is 261 g/mol. The fourth-order valence-corrected chi connectivity index (χ4v) is 2.79. The lowest BCUT2D eigenvalue weighted by Crippen LogP contribution is -2.23. The summed E-state index contributed by atoms with van der Waals surface area (Å²) in [7, 11) is 0. The predicted octanol–water partition coefficient (Wildman–Crippen LogP) is 3.24. The molecule has 2 rings (SSSR count). The molecule has 0 spiro atoms. The number of aromatic nitrogens is 2. The second-order valence-electron chi connectivity index (χ2n) is 4.47. The molecule has 0 amide bonds. The number of hydrogen-bond donors (Lipinski definition) is 1. The highest BCUT2D eigenvalue weighted by molar-refractivity contribution is 7.05. The lowest BCUT2D eigenvalue weighted by atomic mass is 9.99. The SMILES string of the molecule is CCCNC(c1ccccc1C)c1snnc1C. The summed E-state index contributed by atoms with van der Waals surface area (Å²) in [6.07, 6.45) is 1.12. The van der Waals surface area contributed by atoms with E-state index in [1.807, 2.05) is 6.92 Å². The predicted molar refractivity (Wildman–Crippen MR) is 76.0 cm³/mol. The molecule has 1 heterocycles. The summed E-state index contributed by atoms with van der Waals surface area (Å²) in [5.41, 5.74) is 3.65. The lowest BCUT2D eigenvalue weighted by Gasteiger charge is -2.19. The van der Waals surface area contributed by atoms with Gasteiger partial charge in [0.05, 0.1) is 16.6 Å². The van der Waals surface area contributed by atoms with Crippen molar-refractivity contribution in [3.05, 3.63) is 46.0 Å². The molecular weight excluding hydrogens is 242 g/mol. The minimum absolute atomic E-state index is 0.214. The second kappa shape index (κ2) is 6.07. The topological polar surface area (TPSA) is 37.8 Å². The smallest absolute Gasteiger partial charge is 0.0776 e. The number of hydrogen-bond acceptors (Lipinski definition) is 4. The molecule has 0 saturated heterocycles. The van der Waals surface area contributed by atoms with E-state index >= 15 is 0 Å². The standard InChI is InChI=1S/C14H19N3S/c1-4-9-15-13(14-11(3)16-17-18-14)12-8-6-5-7-10(12)2/h5-8,13,15H,4,9H2,1-3H3. The van der Waals surface area contributed by atoms with Crippen molar-refractivity contribution in [2.24, 2.45) is 0 Å². The van der Waals surface area contributed by atoms with Crippen molar-refractivity contribution in [3.63, 3.8) is 0 Å². The Labute approximate surface area is 112 Å². The van der Waals surface area contributed by atoms with E-state index in [4.69, 9.17) is 0 Å². The molecule has 1 unspecified atom stereocenters.